The minimum Gasteiger partial charge on any atom is -0.461 e. The number of halogens is 2. The van der Waals surface area contributed by atoms with Crippen molar-refractivity contribution < 1.29 is 18.3 Å². The second-order valence-corrected chi connectivity index (χ2v) is 13.5. The zero-order valence-corrected chi connectivity index (χ0v) is 25.2. The predicted octanol–water partition coefficient (Wildman–Crippen LogP) is 5.33. The van der Waals surface area contributed by atoms with E-state index in [-0.39, 0.29) is 24.5 Å². The molecule has 0 radical (unpaired) electrons. The molecule has 4 heterocycles. The van der Waals surface area contributed by atoms with E-state index in [1.165, 1.54) is 28.0 Å². The van der Waals surface area contributed by atoms with Crippen LogP contribution < -0.4 is 9.64 Å². The first-order valence-electron chi connectivity index (χ1n) is 16.1. The molecule has 3 aliphatic heterocycles. The number of carbonyl (C=O) groups excluding carboxylic acids is 1. The Labute approximate surface area is 261 Å². The van der Waals surface area contributed by atoms with Crippen LogP contribution in [0.5, 0.6) is 6.01 Å². The lowest BCUT2D eigenvalue weighted by Gasteiger charge is -2.41. The normalized spacial score (nSPS) is 28.5. The summed E-state index contributed by atoms with van der Waals surface area (Å²) in [6.07, 6.45) is 3.94. The van der Waals surface area contributed by atoms with E-state index in [0.29, 0.717) is 44.4 Å². The number of fused-ring (bicyclic) bond motifs is 5. The minimum absolute atomic E-state index is 0.0517. The predicted molar refractivity (Wildman–Crippen MR) is 166 cm³/mol. The lowest BCUT2D eigenvalue weighted by molar-refractivity contribution is -0.131. The van der Waals surface area contributed by atoms with Crippen LogP contribution in [-0.4, -0.2) is 82.8 Å². The highest BCUT2D eigenvalue weighted by molar-refractivity contribution is 5.94. The quantitative estimate of drug-likeness (QED) is 0.335. The van der Waals surface area contributed by atoms with Gasteiger partial charge in [-0.3, -0.25) is 9.69 Å². The fourth-order valence-electron chi connectivity index (χ4n) is 8.55. The van der Waals surface area contributed by atoms with Crippen LogP contribution in [0.3, 0.4) is 0 Å². The second-order valence-electron chi connectivity index (χ2n) is 13.5. The van der Waals surface area contributed by atoms with E-state index in [0.717, 1.165) is 48.2 Å². The van der Waals surface area contributed by atoms with E-state index in [2.05, 4.69) is 47.9 Å². The van der Waals surface area contributed by atoms with E-state index in [4.69, 9.17) is 14.7 Å². The highest BCUT2D eigenvalue weighted by Gasteiger charge is 2.49. The number of carbonyl (C=O) groups is 1. The molecule has 10 heteroatoms. The molecule has 1 saturated carbocycles. The van der Waals surface area contributed by atoms with Crippen LogP contribution in [0.25, 0.3) is 22.0 Å². The summed E-state index contributed by atoms with van der Waals surface area (Å²) in [7, 11) is 0. The Morgan fingerprint density at radius 3 is 2.91 bits per heavy atom. The van der Waals surface area contributed by atoms with Gasteiger partial charge in [0.2, 0.25) is 0 Å². The number of rotatable bonds is 7. The van der Waals surface area contributed by atoms with Gasteiger partial charge in [-0.1, -0.05) is 30.8 Å². The molecule has 8 rings (SSSR count). The van der Waals surface area contributed by atoms with Crippen molar-refractivity contribution in [2.75, 3.05) is 44.2 Å². The molecule has 8 nitrogen and oxygen atoms in total. The van der Waals surface area contributed by atoms with Crippen LogP contribution in [0.4, 0.5) is 14.6 Å². The summed E-state index contributed by atoms with van der Waals surface area (Å²) in [5.41, 5.74) is 5.64. The maximum atomic E-state index is 14.5. The number of alkyl halides is 1. The molecule has 0 spiro atoms. The summed E-state index contributed by atoms with van der Waals surface area (Å²) in [5, 5.41) is 10.4. The van der Waals surface area contributed by atoms with Crippen molar-refractivity contribution >= 4 is 22.6 Å². The number of benzene rings is 2. The Bertz CT molecular complexity index is 1760. The van der Waals surface area contributed by atoms with Crippen molar-refractivity contribution in [1.82, 2.24) is 19.8 Å². The molecule has 2 aliphatic carbocycles. The van der Waals surface area contributed by atoms with Gasteiger partial charge in [-0.2, -0.15) is 15.2 Å². The van der Waals surface area contributed by atoms with Crippen LogP contribution in [0.1, 0.15) is 49.1 Å². The van der Waals surface area contributed by atoms with E-state index in [1.54, 1.807) is 0 Å². The number of hydrogen-bond acceptors (Lipinski definition) is 7. The molecule has 5 atom stereocenters. The average molecular weight is 611 g/mol. The van der Waals surface area contributed by atoms with Gasteiger partial charge in [0.25, 0.3) is 5.91 Å². The van der Waals surface area contributed by atoms with Gasteiger partial charge in [-0.05, 0) is 78.5 Å². The zero-order chi connectivity index (χ0) is 30.9. The summed E-state index contributed by atoms with van der Waals surface area (Å²) in [4.78, 5) is 28.0. The van der Waals surface area contributed by atoms with E-state index in [9.17, 15) is 18.8 Å². The molecule has 5 aliphatic rings. The molecular weight excluding hydrogens is 574 g/mol. The third-order valence-corrected chi connectivity index (χ3v) is 10.8. The van der Waals surface area contributed by atoms with Crippen LogP contribution in [0.15, 0.2) is 48.8 Å². The highest BCUT2D eigenvalue weighted by atomic mass is 19.1. The largest absolute Gasteiger partial charge is 0.461 e. The first-order valence-corrected chi connectivity index (χ1v) is 16.1. The van der Waals surface area contributed by atoms with Crippen LogP contribution in [0, 0.1) is 17.2 Å². The molecule has 3 aromatic rings. The number of piperazine rings is 1. The van der Waals surface area contributed by atoms with Crippen LogP contribution in [0.2, 0.25) is 0 Å². The van der Waals surface area contributed by atoms with E-state index in [1.807, 2.05) is 11.0 Å². The van der Waals surface area contributed by atoms with Crippen molar-refractivity contribution in [1.29, 1.82) is 5.26 Å². The third-order valence-electron chi connectivity index (χ3n) is 10.8. The molecule has 45 heavy (non-hydrogen) atoms. The molecule has 4 fully saturated rings. The molecule has 3 saturated heterocycles. The van der Waals surface area contributed by atoms with Gasteiger partial charge in [-0.15, -0.1) is 0 Å². The SMILES string of the molecule is C=C(F)C(=O)N1CCN(c2nc(OCC34CCCN3C[C@H](F)C4)nc3cc(-c4cccc5c4C4CC4C5)ccc23)C[C@@H]1CC#N. The Kier molecular flexibility index (Phi) is 6.79. The molecule has 2 aromatic carbocycles. The summed E-state index contributed by atoms with van der Waals surface area (Å²) < 4.78 is 34.7. The van der Waals surface area contributed by atoms with Gasteiger partial charge >= 0.3 is 6.01 Å². The molecule has 0 bridgehead atoms. The van der Waals surface area contributed by atoms with Gasteiger partial charge in [0.05, 0.1) is 29.6 Å². The van der Waals surface area contributed by atoms with Gasteiger partial charge in [0, 0.05) is 38.0 Å². The maximum absolute atomic E-state index is 14.5. The molecule has 1 aromatic heterocycles. The monoisotopic (exact) mass is 610 g/mol. The first kappa shape index (κ1) is 28.4. The third kappa shape index (κ3) is 4.83. The number of nitrogens with zero attached hydrogens (tertiary/aromatic N) is 6. The fraction of sp³-hybridized carbons (Fsp3) is 0.486. The molecule has 3 unspecified atom stereocenters. The lowest BCUT2D eigenvalue weighted by Crippen LogP contribution is -2.55. The van der Waals surface area contributed by atoms with Crippen molar-refractivity contribution in [2.24, 2.45) is 5.92 Å². The first-order chi connectivity index (χ1) is 21.8. The number of anilines is 1. The Hall–Kier alpha value is -4.10. The van der Waals surface area contributed by atoms with Crippen LogP contribution >= 0.6 is 0 Å². The highest BCUT2D eigenvalue weighted by Crippen LogP contribution is 2.58. The standard InChI is InChI=1S/C35H36F2N6O2/c1-21(36)33(44)43-13-12-41(19-26(43)8-10-38)32-28-7-6-22(27-5-2-4-23-14-24-15-29(24)31(23)27)16-30(28)39-34(40-32)45-20-35-9-3-11-42(35)18-25(37)17-35/h2,4-7,16,24-26,29H,1,3,8-9,11-15,17-20H2/t24?,25-,26+,29?,35?/m1/s1. The van der Waals surface area contributed by atoms with Crippen molar-refractivity contribution in [3.05, 3.63) is 59.9 Å². The average Bonchev–Trinajstić information content (AvgIpc) is 3.36. The topological polar surface area (TPSA) is 85.6 Å². The minimum atomic E-state index is -1.03. The van der Waals surface area contributed by atoms with E-state index < -0.39 is 23.9 Å². The number of ether oxygens (including phenoxy) is 1. The Morgan fingerprint density at radius 2 is 2.07 bits per heavy atom. The number of aromatic nitrogens is 2. The molecule has 1 amide bonds. The van der Waals surface area contributed by atoms with Crippen molar-refractivity contribution in [3.63, 3.8) is 0 Å². The molecule has 0 N–H and O–H groups in total. The zero-order valence-electron chi connectivity index (χ0n) is 25.2. The second kappa shape index (κ2) is 10.8. The molecular formula is C35H36F2N6O2. The maximum Gasteiger partial charge on any atom is 0.319 e. The van der Waals surface area contributed by atoms with Gasteiger partial charge in [0.15, 0.2) is 5.83 Å². The van der Waals surface area contributed by atoms with Crippen LogP contribution in [-0.2, 0) is 11.2 Å². The lowest BCUT2D eigenvalue weighted by atomic mass is 9.94. The Morgan fingerprint density at radius 1 is 1.18 bits per heavy atom. The van der Waals surface area contributed by atoms with Gasteiger partial charge < -0.3 is 14.5 Å². The van der Waals surface area contributed by atoms with Crippen molar-refractivity contribution in [3.8, 4) is 23.2 Å². The van der Waals surface area contributed by atoms with E-state index >= 15 is 0 Å². The Balaban J connectivity index is 1.17. The summed E-state index contributed by atoms with van der Waals surface area (Å²) in [6, 6.07) is 14.7. The summed E-state index contributed by atoms with van der Waals surface area (Å²) in [5.74, 6) is 0.239. The van der Waals surface area contributed by atoms with Gasteiger partial charge in [0.1, 0.15) is 18.6 Å². The fourth-order valence-corrected chi connectivity index (χ4v) is 8.55. The van der Waals surface area contributed by atoms with Gasteiger partial charge in [-0.25, -0.2) is 8.78 Å². The number of amides is 1. The molecule has 232 valence electrons. The van der Waals surface area contributed by atoms with Crippen molar-refractivity contribution in [2.45, 2.75) is 62.2 Å². The smallest absolute Gasteiger partial charge is 0.319 e. The number of hydrogen-bond donors (Lipinski definition) is 0. The number of nitriles is 1. The summed E-state index contributed by atoms with van der Waals surface area (Å²) >= 11 is 0. The summed E-state index contributed by atoms with van der Waals surface area (Å²) in [6.45, 7) is 5.72.